The number of methoxy groups -OCH3 is 2. The summed E-state index contributed by atoms with van der Waals surface area (Å²) < 4.78 is 10.6. The fraction of sp³-hybridized carbons (Fsp3) is 0.400. The molecule has 1 aromatic carbocycles. The SMILES string of the molecule is COc1ccc(C(C)NC(C)c2ncc[nH]2)cc1OC. The van der Waals surface area contributed by atoms with Gasteiger partial charge >= 0.3 is 0 Å². The summed E-state index contributed by atoms with van der Waals surface area (Å²) in [7, 11) is 3.28. The van der Waals surface area contributed by atoms with Crippen LogP contribution in [-0.2, 0) is 0 Å². The standard InChI is InChI=1S/C15H21N3O2/c1-10(18-11(2)15-16-7-8-17-15)12-5-6-13(19-3)14(9-12)20-4/h5-11,18H,1-4H3,(H,16,17). The van der Waals surface area contributed by atoms with Crippen molar-refractivity contribution in [2.45, 2.75) is 25.9 Å². The Balaban J connectivity index is 2.11. The summed E-state index contributed by atoms with van der Waals surface area (Å²) >= 11 is 0. The molecule has 2 unspecified atom stereocenters. The monoisotopic (exact) mass is 275 g/mol. The van der Waals surface area contributed by atoms with Crippen LogP contribution in [0.2, 0.25) is 0 Å². The molecular weight excluding hydrogens is 254 g/mol. The Bertz CT molecular complexity index is 540. The Morgan fingerprint density at radius 1 is 1.10 bits per heavy atom. The van der Waals surface area contributed by atoms with Crippen LogP contribution in [-0.4, -0.2) is 24.2 Å². The van der Waals surface area contributed by atoms with E-state index in [1.54, 1.807) is 20.4 Å². The molecular formula is C15H21N3O2. The van der Waals surface area contributed by atoms with Gasteiger partial charge in [0.2, 0.25) is 0 Å². The van der Waals surface area contributed by atoms with Crippen molar-refractivity contribution < 1.29 is 9.47 Å². The third-order valence-electron chi connectivity index (χ3n) is 3.34. The van der Waals surface area contributed by atoms with E-state index in [0.717, 1.165) is 22.9 Å². The molecule has 0 saturated carbocycles. The zero-order valence-corrected chi connectivity index (χ0v) is 12.3. The minimum Gasteiger partial charge on any atom is -0.493 e. The Hall–Kier alpha value is -2.01. The second-order valence-corrected chi connectivity index (χ2v) is 4.70. The molecule has 0 amide bonds. The fourth-order valence-corrected chi connectivity index (χ4v) is 2.19. The minimum atomic E-state index is 0.146. The number of hydrogen-bond donors (Lipinski definition) is 2. The smallest absolute Gasteiger partial charge is 0.161 e. The number of aromatic nitrogens is 2. The molecule has 2 aromatic rings. The van der Waals surface area contributed by atoms with E-state index in [1.165, 1.54) is 0 Å². The van der Waals surface area contributed by atoms with E-state index < -0.39 is 0 Å². The normalized spacial score (nSPS) is 13.8. The number of benzene rings is 1. The summed E-state index contributed by atoms with van der Waals surface area (Å²) in [5, 5.41) is 3.50. The lowest BCUT2D eigenvalue weighted by Crippen LogP contribution is -2.23. The lowest BCUT2D eigenvalue weighted by Gasteiger charge is -2.20. The first-order chi connectivity index (χ1) is 9.65. The second kappa shape index (κ2) is 6.43. The molecule has 2 N–H and O–H groups in total. The van der Waals surface area contributed by atoms with E-state index >= 15 is 0 Å². The third kappa shape index (κ3) is 3.11. The minimum absolute atomic E-state index is 0.146. The molecule has 0 bridgehead atoms. The fourth-order valence-electron chi connectivity index (χ4n) is 2.19. The highest BCUT2D eigenvalue weighted by Crippen LogP contribution is 2.30. The highest BCUT2D eigenvalue weighted by molar-refractivity contribution is 5.43. The quantitative estimate of drug-likeness (QED) is 0.851. The predicted molar refractivity (Wildman–Crippen MR) is 78.1 cm³/mol. The van der Waals surface area contributed by atoms with E-state index in [4.69, 9.17) is 9.47 Å². The van der Waals surface area contributed by atoms with Gasteiger partial charge in [-0.3, -0.25) is 0 Å². The van der Waals surface area contributed by atoms with Crippen LogP contribution in [0.25, 0.3) is 0 Å². The van der Waals surface area contributed by atoms with Gasteiger partial charge < -0.3 is 19.8 Å². The molecule has 0 saturated heterocycles. The Labute approximate surface area is 119 Å². The van der Waals surface area contributed by atoms with Gasteiger partial charge in [0.05, 0.1) is 20.3 Å². The average molecular weight is 275 g/mol. The summed E-state index contributed by atoms with van der Waals surface area (Å²) in [6.45, 7) is 4.19. The van der Waals surface area contributed by atoms with Crippen LogP contribution in [0.4, 0.5) is 0 Å². The molecule has 5 nitrogen and oxygen atoms in total. The summed E-state index contributed by atoms with van der Waals surface area (Å²) in [4.78, 5) is 7.38. The van der Waals surface area contributed by atoms with Crippen LogP contribution < -0.4 is 14.8 Å². The maximum atomic E-state index is 5.33. The van der Waals surface area contributed by atoms with Gasteiger partial charge in [0, 0.05) is 18.4 Å². The van der Waals surface area contributed by atoms with E-state index in [0.29, 0.717) is 0 Å². The molecule has 0 aliphatic rings. The van der Waals surface area contributed by atoms with E-state index in [2.05, 4.69) is 29.1 Å². The highest BCUT2D eigenvalue weighted by Gasteiger charge is 2.14. The molecule has 0 spiro atoms. The number of ether oxygens (including phenoxy) is 2. The molecule has 20 heavy (non-hydrogen) atoms. The van der Waals surface area contributed by atoms with Crippen LogP contribution in [0.1, 0.15) is 37.3 Å². The third-order valence-corrected chi connectivity index (χ3v) is 3.34. The number of imidazole rings is 1. The largest absolute Gasteiger partial charge is 0.493 e. The lowest BCUT2D eigenvalue weighted by atomic mass is 10.1. The molecule has 0 aliphatic heterocycles. The molecule has 2 atom stereocenters. The molecule has 5 heteroatoms. The van der Waals surface area contributed by atoms with Crippen molar-refractivity contribution in [3.05, 3.63) is 42.0 Å². The molecule has 108 valence electrons. The summed E-state index contributed by atoms with van der Waals surface area (Å²) in [6, 6.07) is 6.27. The molecule has 0 fully saturated rings. The van der Waals surface area contributed by atoms with Crippen molar-refractivity contribution >= 4 is 0 Å². The molecule has 0 radical (unpaired) electrons. The molecule has 2 rings (SSSR count). The van der Waals surface area contributed by atoms with Gasteiger partial charge in [0.15, 0.2) is 11.5 Å². The zero-order valence-electron chi connectivity index (χ0n) is 12.3. The Morgan fingerprint density at radius 3 is 2.45 bits per heavy atom. The van der Waals surface area contributed by atoms with Gasteiger partial charge in [0.1, 0.15) is 5.82 Å². The second-order valence-electron chi connectivity index (χ2n) is 4.70. The number of H-pyrrole nitrogens is 1. The van der Waals surface area contributed by atoms with Crippen molar-refractivity contribution in [1.29, 1.82) is 0 Å². The first-order valence-electron chi connectivity index (χ1n) is 6.63. The maximum Gasteiger partial charge on any atom is 0.161 e. The molecule has 1 heterocycles. The van der Waals surface area contributed by atoms with Crippen molar-refractivity contribution in [3.8, 4) is 11.5 Å². The van der Waals surface area contributed by atoms with Gasteiger partial charge in [-0.05, 0) is 31.5 Å². The average Bonchev–Trinajstić information content (AvgIpc) is 3.00. The van der Waals surface area contributed by atoms with Gasteiger partial charge in [-0.25, -0.2) is 4.98 Å². The summed E-state index contributed by atoms with van der Waals surface area (Å²) in [5.41, 5.74) is 1.14. The zero-order chi connectivity index (χ0) is 14.5. The van der Waals surface area contributed by atoms with Gasteiger partial charge in [-0.15, -0.1) is 0 Å². The number of hydrogen-bond acceptors (Lipinski definition) is 4. The van der Waals surface area contributed by atoms with Crippen molar-refractivity contribution in [3.63, 3.8) is 0 Å². The lowest BCUT2D eigenvalue weighted by molar-refractivity contribution is 0.353. The summed E-state index contributed by atoms with van der Waals surface area (Å²) in [5.74, 6) is 2.41. The van der Waals surface area contributed by atoms with Crippen molar-refractivity contribution in [1.82, 2.24) is 15.3 Å². The van der Waals surface area contributed by atoms with Crippen LogP contribution >= 0.6 is 0 Å². The first-order valence-corrected chi connectivity index (χ1v) is 6.63. The van der Waals surface area contributed by atoms with Crippen LogP contribution in [0.5, 0.6) is 11.5 Å². The maximum absolute atomic E-state index is 5.33. The first kappa shape index (κ1) is 14.4. The van der Waals surface area contributed by atoms with Crippen LogP contribution in [0.15, 0.2) is 30.6 Å². The number of aromatic amines is 1. The van der Waals surface area contributed by atoms with Gasteiger partial charge in [-0.1, -0.05) is 6.07 Å². The Morgan fingerprint density at radius 2 is 1.85 bits per heavy atom. The van der Waals surface area contributed by atoms with Gasteiger partial charge in [-0.2, -0.15) is 0 Å². The van der Waals surface area contributed by atoms with Crippen molar-refractivity contribution in [2.24, 2.45) is 0 Å². The van der Waals surface area contributed by atoms with Crippen LogP contribution in [0, 0.1) is 0 Å². The van der Waals surface area contributed by atoms with Crippen LogP contribution in [0.3, 0.4) is 0 Å². The summed E-state index contributed by atoms with van der Waals surface area (Å²) in [6.07, 6.45) is 3.59. The number of nitrogens with one attached hydrogen (secondary N) is 2. The van der Waals surface area contributed by atoms with Crippen molar-refractivity contribution in [2.75, 3.05) is 14.2 Å². The topological polar surface area (TPSA) is 59.2 Å². The van der Waals surface area contributed by atoms with E-state index in [1.807, 2.05) is 24.4 Å². The van der Waals surface area contributed by atoms with Gasteiger partial charge in [0.25, 0.3) is 0 Å². The predicted octanol–water partition coefficient (Wildman–Crippen LogP) is 2.84. The molecule has 0 aliphatic carbocycles. The number of rotatable bonds is 6. The molecule has 1 aromatic heterocycles. The van der Waals surface area contributed by atoms with E-state index in [-0.39, 0.29) is 12.1 Å². The highest BCUT2D eigenvalue weighted by atomic mass is 16.5. The Kier molecular flexibility index (Phi) is 4.63. The number of nitrogens with zero attached hydrogens (tertiary/aromatic N) is 1. The van der Waals surface area contributed by atoms with E-state index in [9.17, 15) is 0 Å².